The number of carbonyl (C=O) groups is 2. The molecule has 12 heteroatoms. The number of aryl methyl sites for hydroxylation is 2. The molecule has 0 atom stereocenters. The molecule has 0 fully saturated rings. The van der Waals surface area contributed by atoms with E-state index in [-0.39, 0.29) is 13.5 Å². The lowest BCUT2D eigenvalue weighted by molar-refractivity contribution is -0.108. The molecular formula is C26H38N6O2S4. The minimum Gasteiger partial charge on any atom is -0.363 e. The maximum absolute atomic E-state index is 10.00. The Morgan fingerprint density at radius 2 is 1.58 bits per heavy atom. The Kier molecular flexibility index (Phi) is 22.0. The van der Waals surface area contributed by atoms with Gasteiger partial charge in [-0.05, 0) is 35.5 Å². The summed E-state index contributed by atoms with van der Waals surface area (Å²) in [5.41, 5.74) is 2.07. The second kappa shape index (κ2) is 23.6. The fourth-order valence-corrected chi connectivity index (χ4v) is 5.24. The molecule has 0 saturated heterocycles. The first kappa shape index (κ1) is 35.5. The molecule has 2 N–H and O–H groups in total. The monoisotopic (exact) mass is 594 g/mol. The third-order valence-electron chi connectivity index (χ3n) is 4.59. The van der Waals surface area contributed by atoms with E-state index in [1.54, 1.807) is 40.9 Å². The Morgan fingerprint density at radius 1 is 0.974 bits per heavy atom. The Hall–Kier alpha value is -2.54. The summed E-state index contributed by atoms with van der Waals surface area (Å²) in [5, 5.41) is 26.2. The van der Waals surface area contributed by atoms with Crippen molar-refractivity contribution < 1.29 is 9.59 Å². The van der Waals surface area contributed by atoms with E-state index in [1.807, 2.05) is 31.9 Å². The van der Waals surface area contributed by atoms with Gasteiger partial charge in [-0.3, -0.25) is 0 Å². The molecule has 2 aromatic rings. The number of nitrogens with one attached hydrogen (secondary N) is 2. The predicted octanol–water partition coefficient (Wildman–Crippen LogP) is 5.83. The van der Waals surface area contributed by atoms with Gasteiger partial charge < -0.3 is 20.2 Å². The van der Waals surface area contributed by atoms with Gasteiger partial charge >= 0.3 is 0 Å². The second-order valence-electron chi connectivity index (χ2n) is 7.30. The third kappa shape index (κ3) is 16.3. The van der Waals surface area contributed by atoms with Gasteiger partial charge in [0.15, 0.2) is 0 Å². The van der Waals surface area contributed by atoms with Gasteiger partial charge in [0.05, 0.1) is 0 Å². The van der Waals surface area contributed by atoms with Crippen molar-refractivity contribution in [1.29, 1.82) is 0 Å². The molecule has 0 saturated carbocycles. The van der Waals surface area contributed by atoms with Crippen LogP contribution in [0.15, 0.2) is 60.8 Å². The summed E-state index contributed by atoms with van der Waals surface area (Å²) in [6.45, 7) is 7.01. The minimum atomic E-state index is 0. The van der Waals surface area contributed by atoms with Crippen molar-refractivity contribution in [3.63, 3.8) is 0 Å². The molecule has 208 valence electrons. The highest BCUT2D eigenvalue weighted by molar-refractivity contribution is 7.99. The van der Waals surface area contributed by atoms with Crippen molar-refractivity contribution >= 4 is 70.8 Å². The predicted molar refractivity (Wildman–Crippen MR) is 170 cm³/mol. The molecule has 0 aliphatic heterocycles. The van der Waals surface area contributed by atoms with E-state index >= 15 is 0 Å². The largest absolute Gasteiger partial charge is 0.363 e. The van der Waals surface area contributed by atoms with Crippen LogP contribution in [0.25, 0.3) is 0 Å². The SMILES string of the molecule is C=C/C=C(\C=C)CC=O.CNc1nnc(CCSCCc2nnc(NC)s2)s1.O=CCC1=CCCC=C1.S. The standard InChI is InChI=1S/C10H16N6S3.2C8H10O.H2S/c1-11-9-15-13-7(18-9)3-5-17-6-4-8-14-16-10(12-2)19-8;9-7-6-8-4-2-1-3-5-8;1-3-5-8(4-2)6-7-9;/h3-6H2,1-2H3,(H,11,15)(H,12,16);2,4-5,7H,1,3,6H2;3-5,7H,1-2,6H2;1H2/b;;8-5+;. The lowest BCUT2D eigenvalue weighted by Gasteiger charge is -2.00. The topological polar surface area (TPSA) is 110 Å². The number of aldehydes is 2. The van der Waals surface area contributed by atoms with Crippen LogP contribution < -0.4 is 10.6 Å². The van der Waals surface area contributed by atoms with Crippen LogP contribution in [0.3, 0.4) is 0 Å². The first-order valence-electron chi connectivity index (χ1n) is 11.8. The summed E-state index contributed by atoms with van der Waals surface area (Å²) in [6, 6.07) is 0. The molecule has 0 spiro atoms. The zero-order valence-corrected chi connectivity index (χ0v) is 25.5. The van der Waals surface area contributed by atoms with Crippen LogP contribution in [-0.4, -0.2) is 58.6 Å². The number of thioether (sulfide) groups is 1. The average molecular weight is 595 g/mol. The maximum Gasteiger partial charge on any atom is 0.205 e. The Morgan fingerprint density at radius 3 is 1.97 bits per heavy atom. The van der Waals surface area contributed by atoms with E-state index in [4.69, 9.17) is 0 Å². The molecule has 0 aromatic carbocycles. The van der Waals surface area contributed by atoms with Crippen LogP contribution in [0.2, 0.25) is 0 Å². The van der Waals surface area contributed by atoms with Gasteiger partial charge in [-0.2, -0.15) is 25.3 Å². The van der Waals surface area contributed by atoms with E-state index < -0.39 is 0 Å². The number of nitrogens with zero attached hydrogens (tertiary/aromatic N) is 4. The lowest BCUT2D eigenvalue weighted by atomic mass is 10.1. The Labute approximate surface area is 245 Å². The molecule has 1 aliphatic carbocycles. The van der Waals surface area contributed by atoms with Crippen molar-refractivity contribution in [3.8, 4) is 0 Å². The van der Waals surface area contributed by atoms with E-state index in [9.17, 15) is 9.59 Å². The molecule has 0 unspecified atom stereocenters. The number of rotatable bonds is 14. The van der Waals surface area contributed by atoms with E-state index in [0.29, 0.717) is 12.8 Å². The number of anilines is 2. The summed E-state index contributed by atoms with van der Waals surface area (Å²) in [5.74, 6) is 2.13. The molecule has 2 heterocycles. The van der Waals surface area contributed by atoms with Crippen LogP contribution in [0.5, 0.6) is 0 Å². The fourth-order valence-electron chi connectivity index (χ4n) is 2.71. The van der Waals surface area contributed by atoms with E-state index in [1.165, 1.54) is 0 Å². The summed E-state index contributed by atoms with van der Waals surface area (Å²) < 4.78 is 0. The molecular weight excluding hydrogens is 557 g/mol. The van der Waals surface area contributed by atoms with Crippen molar-refractivity contribution in [2.45, 2.75) is 38.5 Å². The van der Waals surface area contributed by atoms with Crippen LogP contribution in [0.1, 0.15) is 35.7 Å². The first-order chi connectivity index (χ1) is 18.1. The van der Waals surface area contributed by atoms with E-state index in [0.717, 1.165) is 81.2 Å². The maximum atomic E-state index is 10.00. The second-order valence-corrected chi connectivity index (χ2v) is 10.6. The first-order valence-corrected chi connectivity index (χ1v) is 14.6. The molecule has 8 nitrogen and oxygen atoms in total. The van der Waals surface area contributed by atoms with Crippen LogP contribution in [0, 0.1) is 0 Å². The van der Waals surface area contributed by atoms with Gasteiger partial charge in [0.1, 0.15) is 22.6 Å². The highest BCUT2D eigenvalue weighted by atomic mass is 32.2. The van der Waals surface area contributed by atoms with Gasteiger partial charge in [-0.1, -0.05) is 72.3 Å². The fraction of sp³-hybridized carbons (Fsp3) is 0.385. The minimum absolute atomic E-state index is 0. The molecule has 3 rings (SSSR count). The van der Waals surface area contributed by atoms with Gasteiger partial charge in [0, 0.05) is 39.8 Å². The smallest absolute Gasteiger partial charge is 0.205 e. The quantitative estimate of drug-likeness (QED) is 0.159. The zero-order chi connectivity index (χ0) is 27.1. The number of hydrogen-bond acceptors (Lipinski definition) is 11. The van der Waals surface area contributed by atoms with Gasteiger partial charge in [0.25, 0.3) is 0 Å². The summed E-state index contributed by atoms with van der Waals surface area (Å²) in [6.07, 6.45) is 18.3. The number of hydrogen-bond donors (Lipinski definition) is 2. The van der Waals surface area contributed by atoms with Crippen LogP contribution in [0.4, 0.5) is 10.3 Å². The summed E-state index contributed by atoms with van der Waals surface area (Å²) in [7, 11) is 3.72. The summed E-state index contributed by atoms with van der Waals surface area (Å²) in [4.78, 5) is 19.9. The van der Waals surface area contributed by atoms with Crippen molar-refractivity contribution in [2.24, 2.45) is 0 Å². The van der Waals surface area contributed by atoms with Crippen LogP contribution in [-0.2, 0) is 22.4 Å². The van der Waals surface area contributed by atoms with Gasteiger partial charge in [-0.25, -0.2) is 0 Å². The normalized spacial score (nSPS) is 11.8. The highest BCUT2D eigenvalue weighted by Crippen LogP contribution is 2.19. The Balaban J connectivity index is 0.000000606. The molecule has 0 bridgehead atoms. The lowest BCUT2D eigenvalue weighted by Crippen LogP contribution is -1.92. The van der Waals surface area contributed by atoms with E-state index in [2.05, 4.69) is 56.3 Å². The molecule has 1 aliphatic rings. The third-order valence-corrected chi connectivity index (χ3v) is 7.57. The highest BCUT2D eigenvalue weighted by Gasteiger charge is 2.04. The molecule has 2 aromatic heterocycles. The zero-order valence-electron chi connectivity index (χ0n) is 22.0. The number of allylic oxidation sites excluding steroid dienone is 8. The Bertz CT molecular complexity index is 1000. The van der Waals surface area contributed by atoms with Gasteiger partial charge in [-0.15, -0.1) is 20.4 Å². The van der Waals surface area contributed by atoms with Crippen LogP contribution >= 0.6 is 47.9 Å². The van der Waals surface area contributed by atoms with Crippen molar-refractivity contribution in [3.05, 3.63) is 70.8 Å². The van der Waals surface area contributed by atoms with Crippen molar-refractivity contribution in [1.82, 2.24) is 20.4 Å². The number of carbonyl (C=O) groups excluding carboxylic acids is 2. The van der Waals surface area contributed by atoms with Crippen molar-refractivity contribution in [2.75, 3.05) is 36.2 Å². The average Bonchev–Trinajstić information content (AvgIpc) is 3.59. The summed E-state index contributed by atoms with van der Waals surface area (Å²) >= 11 is 5.15. The molecule has 0 radical (unpaired) electrons. The number of aromatic nitrogens is 4. The van der Waals surface area contributed by atoms with Gasteiger partial charge in [0.2, 0.25) is 10.3 Å². The molecule has 38 heavy (non-hydrogen) atoms. The molecule has 0 amide bonds.